The second-order valence-electron chi connectivity index (χ2n) is 4.24. The summed E-state index contributed by atoms with van der Waals surface area (Å²) in [6.07, 6.45) is 2.10. The molecule has 1 N–H and O–H groups in total. The highest BCUT2D eigenvalue weighted by molar-refractivity contribution is 6.32. The molecule has 0 saturated heterocycles. The van der Waals surface area contributed by atoms with Crippen LogP contribution in [0.25, 0.3) is 0 Å². The van der Waals surface area contributed by atoms with Gasteiger partial charge < -0.3 is 9.84 Å². The van der Waals surface area contributed by atoms with Gasteiger partial charge in [-0.3, -0.25) is 0 Å². The molecule has 0 unspecified atom stereocenters. The van der Waals surface area contributed by atoms with Crippen molar-refractivity contribution in [3.63, 3.8) is 0 Å². The van der Waals surface area contributed by atoms with Crippen LogP contribution in [-0.2, 0) is 5.41 Å². The summed E-state index contributed by atoms with van der Waals surface area (Å²) in [6, 6.07) is 3.87. The minimum atomic E-state index is -0.0278. The lowest BCUT2D eigenvalue weighted by Crippen LogP contribution is -2.13. The largest absolute Gasteiger partial charge is 0.495 e. The maximum Gasteiger partial charge on any atom is 0.137 e. The Kier molecular flexibility index (Phi) is 2.65. The summed E-state index contributed by atoms with van der Waals surface area (Å²) in [5, 5.41) is 10.0. The molecule has 0 amide bonds. The van der Waals surface area contributed by atoms with Crippen LogP contribution < -0.4 is 4.74 Å². The fourth-order valence-electron chi connectivity index (χ4n) is 2.05. The topological polar surface area (TPSA) is 29.5 Å². The van der Waals surface area contributed by atoms with E-state index < -0.39 is 0 Å². The highest BCUT2D eigenvalue weighted by Crippen LogP contribution is 2.50. The lowest BCUT2D eigenvalue weighted by molar-refractivity contribution is 0.254. The van der Waals surface area contributed by atoms with Crippen LogP contribution >= 0.6 is 11.6 Å². The van der Waals surface area contributed by atoms with Gasteiger partial charge in [0.1, 0.15) is 5.75 Å². The number of rotatable bonds is 3. The number of hydrogen-bond acceptors (Lipinski definition) is 2. The molecule has 1 fully saturated rings. The summed E-state index contributed by atoms with van der Waals surface area (Å²) in [7, 11) is 1.61. The van der Waals surface area contributed by atoms with E-state index in [1.165, 1.54) is 0 Å². The zero-order valence-electron chi connectivity index (χ0n) is 9.01. The first-order valence-corrected chi connectivity index (χ1v) is 5.46. The van der Waals surface area contributed by atoms with E-state index in [1.807, 2.05) is 19.1 Å². The molecule has 0 radical (unpaired) electrons. The van der Waals surface area contributed by atoms with Crippen molar-refractivity contribution in [3.05, 3.63) is 28.3 Å². The normalized spacial score (nSPS) is 17.6. The van der Waals surface area contributed by atoms with Crippen LogP contribution in [0.3, 0.4) is 0 Å². The Hall–Kier alpha value is -0.730. The van der Waals surface area contributed by atoms with Crippen LogP contribution in [0.4, 0.5) is 0 Å². The van der Waals surface area contributed by atoms with Gasteiger partial charge >= 0.3 is 0 Å². The van der Waals surface area contributed by atoms with E-state index in [2.05, 4.69) is 0 Å². The van der Waals surface area contributed by atoms with Gasteiger partial charge in [0.15, 0.2) is 0 Å². The van der Waals surface area contributed by atoms with Gasteiger partial charge in [0.2, 0.25) is 0 Å². The van der Waals surface area contributed by atoms with Crippen molar-refractivity contribution in [1.82, 2.24) is 0 Å². The van der Waals surface area contributed by atoms with Gasteiger partial charge in [0.25, 0.3) is 0 Å². The van der Waals surface area contributed by atoms with Crippen LogP contribution in [0.15, 0.2) is 12.1 Å². The highest BCUT2D eigenvalue weighted by Gasteiger charge is 2.44. The highest BCUT2D eigenvalue weighted by atomic mass is 35.5. The Bertz CT molecular complexity index is 383. The molecule has 0 atom stereocenters. The summed E-state index contributed by atoms with van der Waals surface area (Å²) < 4.78 is 5.15. The molecule has 1 aromatic rings. The zero-order chi connectivity index (χ0) is 11.1. The summed E-state index contributed by atoms with van der Waals surface area (Å²) in [6.45, 7) is 2.24. The first kappa shape index (κ1) is 10.8. The Balaban J connectivity index is 2.45. The summed E-state index contributed by atoms with van der Waals surface area (Å²) >= 11 is 6.09. The van der Waals surface area contributed by atoms with E-state index >= 15 is 0 Å². The van der Waals surface area contributed by atoms with Crippen molar-refractivity contribution in [2.24, 2.45) is 0 Å². The van der Waals surface area contributed by atoms with Gasteiger partial charge in [-0.25, -0.2) is 0 Å². The molecule has 0 bridgehead atoms. The van der Waals surface area contributed by atoms with Crippen LogP contribution in [-0.4, -0.2) is 18.8 Å². The Labute approximate surface area is 94.8 Å². The van der Waals surface area contributed by atoms with E-state index in [0.717, 1.165) is 24.0 Å². The second kappa shape index (κ2) is 3.69. The monoisotopic (exact) mass is 226 g/mol. The number of benzene rings is 1. The third-order valence-corrected chi connectivity index (χ3v) is 3.52. The molecule has 0 aliphatic heterocycles. The lowest BCUT2D eigenvalue weighted by Gasteiger charge is -2.17. The number of aryl methyl sites for hydroxylation is 1. The van der Waals surface area contributed by atoms with Crippen molar-refractivity contribution in [2.75, 3.05) is 13.7 Å². The van der Waals surface area contributed by atoms with Gasteiger partial charge in [0, 0.05) is 5.41 Å². The minimum Gasteiger partial charge on any atom is -0.495 e. The predicted molar refractivity (Wildman–Crippen MR) is 60.7 cm³/mol. The molecule has 0 heterocycles. The van der Waals surface area contributed by atoms with Crippen LogP contribution in [0, 0.1) is 6.92 Å². The van der Waals surface area contributed by atoms with Crippen LogP contribution in [0.2, 0.25) is 5.02 Å². The van der Waals surface area contributed by atoms with Gasteiger partial charge in [-0.05, 0) is 43.0 Å². The first-order chi connectivity index (χ1) is 7.13. The fourth-order valence-corrected chi connectivity index (χ4v) is 2.29. The number of hydrogen-bond donors (Lipinski definition) is 1. The molecule has 2 rings (SSSR count). The number of ether oxygens (including phenoxy) is 1. The first-order valence-electron chi connectivity index (χ1n) is 5.08. The maximum absolute atomic E-state index is 9.38. The van der Waals surface area contributed by atoms with Crippen molar-refractivity contribution in [3.8, 4) is 5.75 Å². The molecule has 2 nitrogen and oxygen atoms in total. The van der Waals surface area contributed by atoms with E-state index in [9.17, 15) is 5.11 Å². The second-order valence-corrected chi connectivity index (χ2v) is 4.65. The third-order valence-electron chi connectivity index (χ3n) is 3.23. The lowest BCUT2D eigenvalue weighted by atomic mass is 9.92. The van der Waals surface area contributed by atoms with Gasteiger partial charge in [-0.1, -0.05) is 11.6 Å². The Morgan fingerprint density at radius 2 is 2.13 bits per heavy atom. The SMILES string of the molecule is COc1cc(C)c(C2(CO)CC2)cc1Cl. The summed E-state index contributed by atoms with van der Waals surface area (Å²) in [4.78, 5) is 0. The van der Waals surface area contributed by atoms with Crippen molar-refractivity contribution in [2.45, 2.75) is 25.2 Å². The van der Waals surface area contributed by atoms with E-state index in [1.54, 1.807) is 7.11 Å². The number of halogens is 1. The standard InChI is InChI=1S/C12H15ClO2/c1-8-5-11(15-2)10(13)6-9(8)12(7-14)3-4-12/h5-6,14H,3-4,7H2,1-2H3. The Morgan fingerprint density at radius 3 is 2.60 bits per heavy atom. The molecule has 1 saturated carbocycles. The summed E-state index contributed by atoms with van der Waals surface area (Å²) in [5.74, 6) is 0.701. The molecular formula is C12H15ClO2. The smallest absolute Gasteiger partial charge is 0.137 e. The van der Waals surface area contributed by atoms with Gasteiger partial charge in [-0.2, -0.15) is 0 Å². The molecule has 1 aromatic carbocycles. The minimum absolute atomic E-state index is 0.0278. The van der Waals surface area contributed by atoms with E-state index in [4.69, 9.17) is 16.3 Å². The molecule has 1 aliphatic carbocycles. The van der Waals surface area contributed by atoms with Crippen LogP contribution in [0.5, 0.6) is 5.75 Å². The summed E-state index contributed by atoms with van der Waals surface area (Å²) in [5.41, 5.74) is 2.28. The van der Waals surface area contributed by atoms with E-state index in [-0.39, 0.29) is 12.0 Å². The molecule has 0 spiro atoms. The molecular weight excluding hydrogens is 212 g/mol. The molecule has 82 valence electrons. The average molecular weight is 227 g/mol. The van der Waals surface area contributed by atoms with Gasteiger partial charge in [-0.15, -0.1) is 0 Å². The fraction of sp³-hybridized carbons (Fsp3) is 0.500. The number of aliphatic hydroxyl groups is 1. The molecule has 0 aromatic heterocycles. The average Bonchev–Trinajstić information content (AvgIpc) is 3.01. The zero-order valence-corrected chi connectivity index (χ0v) is 9.77. The predicted octanol–water partition coefficient (Wildman–Crippen LogP) is 2.68. The molecule has 3 heteroatoms. The van der Waals surface area contributed by atoms with Crippen LogP contribution in [0.1, 0.15) is 24.0 Å². The maximum atomic E-state index is 9.38. The van der Waals surface area contributed by atoms with Crippen molar-refractivity contribution in [1.29, 1.82) is 0 Å². The van der Waals surface area contributed by atoms with E-state index in [0.29, 0.717) is 10.8 Å². The molecule has 1 aliphatic rings. The number of methoxy groups -OCH3 is 1. The van der Waals surface area contributed by atoms with Crippen molar-refractivity contribution >= 4 is 11.6 Å². The van der Waals surface area contributed by atoms with Gasteiger partial charge in [0.05, 0.1) is 18.7 Å². The number of aliphatic hydroxyl groups excluding tert-OH is 1. The quantitative estimate of drug-likeness (QED) is 0.859. The molecule has 15 heavy (non-hydrogen) atoms. The van der Waals surface area contributed by atoms with Crippen molar-refractivity contribution < 1.29 is 9.84 Å². The Morgan fingerprint density at radius 1 is 1.47 bits per heavy atom. The third kappa shape index (κ3) is 1.72.